The summed E-state index contributed by atoms with van der Waals surface area (Å²) in [5.41, 5.74) is 7.48. The molecule has 2 aromatic heterocycles. The van der Waals surface area contributed by atoms with Gasteiger partial charge in [0, 0.05) is 0 Å². The number of rotatable bonds is 9. The van der Waals surface area contributed by atoms with E-state index in [1.807, 2.05) is 0 Å². The molecule has 2 nitrogen and oxygen atoms in total. The van der Waals surface area contributed by atoms with E-state index in [9.17, 15) is 0 Å². The van der Waals surface area contributed by atoms with Crippen molar-refractivity contribution in [2.24, 2.45) is 47.3 Å². The molecule has 0 radical (unpaired) electrons. The zero-order chi connectivity index (χ0) is 41.8. The Labute approximate surface area is 372 Å². The van der Waals surface area contributed by atoms with E-state index >= 15 is 0 Å². The molecule has 22 rings (SSSR count). The van der Waals surface area contributed by atoms with Crippen LogP contribution in [-0.4, -0.2) is 43.6 Å². The molecule has 6 atom stereocenters. The summed E-state index contributed by atoms with van der Waals surface area (Å²) in [7, 11) is 0.591. The number of hydrogen-bond acceptors (Lipinski definition) is 2. The number of hydrogen-bond donors (Lipinski definition) is 0. The minimum atomic E-state index is -4.79. The van der Waals surface area contributed by atoms with Crippen LogP contribution in [0.5, 0.6) is 0 Å². The zero-order valence-corrected chi connectivity index (χ0v) is 43.9. The monoisotopic (exact) mass is 944 g/mol. The van der Waals surface area contributed by atoms with Crippen molar-refractivity contribution in [3.63, 3.8) is 0 Å². The second-order valence-corrected chi connectivity index (χ2v) is 68.2. The van der Waals surface area contributed by atoms with Crippen molar-refractivity contribution in [3.05, 3.63) is 84.2 Å². The summed E-state index contributed by atoms with van der Waals surface area (Å²) in [5, 5.41) is 2.41. The molecule has 0 N–H and O–H groups in total. The van der Waals surface area contributed by atoms with Crippen molar-refractivity contribution in [3.8, 4) is 0 Å². The Balaban J connectivity index is 0.915. The van der Waals surface area contributed by atoms with Crippen molar-refractivity contribution < 1.29 is 6.51 Å². The Bertz CT molecular complexity index is 3180. The Morgan fingerprint density at radius 3 is 1.37 bits per heavy atom. The van der Waals surface area contributed by atoms with Gasteiger partial charge in [-0.05, 0) is 0 Å². The third-order valence-electron chi connectivity index (χ3n) is 31.7. The molecule has 6 unspecified atom stereocenters. The zero-order valence-electron chi connectivity index (χ0n) is 38.7. The third kappa shape index (κ3) is 1.32. The number of benzene rings is 2. The fourth-order valence-corrected chi connectivity index (χ4v) is 184. The van der Waals surface area contributed by atoms with E-state index in [4.69, 9.17) is 9.97 Å². The summed E-state index contributed by atoms with van der Waals surface area (Å²) in [6.07, 6.45) is 18.1. The van der Waals surface area contributed by atoms with E-state index in [1.54, 1.807) is 70.4 Å². The predicted molar refractivity (Wildman–Crippen MR) is 267 cm³/mol. The molecule has 330 valence electrons. The fraction of sp³-hybridized carbons (Fsp3) is 0.679. The van der Waals surface area contributed by atoms with Crippen LogP contribution >= 0.6 is 17.2 Å². The Morgan fingerprint density at radius 2 is 0.984 bits per heavy atom. The summed E-state index contributed by atoms with van der Waals surface area (Å²) >= 11 is 0. The van der Waals surface area contributed by atoms with Crippen molar-refractivity contribution in [2.75, 3.05) is 6.16 Å². The van der Waals surface area contributed by atoms with Crippen LogP contribution in [0.2, 0.25) is 84.7 Å². The van der Waals surface area contributed by atoms with Gasteiger partial charge in [0.25, 0.3) is 0 Å². The summed E-state index contributed by atoms with van der Waals surface area (Å²) in [6.45, 7) is 13.4. The second-order valence-electron chi connectivity index (χ2n) is 30.6. The molecular formula is C56H70FeN2P2Si2. The van der Waals surface area contributed by atoms with Crippen LogP contribution in [0, 0.1) is 47.3 Å². The molecule has 2 aromatic carbocycles. The van der Waals surface area contributed by atoms with Crippen LogP contribution in [0.15, 0.2) is 72.8 Å². The summed E-state index contributed by atoms with van der Waals surface area (Å²) in [5.74, 6) is 8.63. The van der Waals surface area contributed by atoms with Crippen LogP contribution in [0.25, 0.3) is 21.8 Å². The normalized spacial score (nSPS) is 63.3. The van der Waals surface area contributed by atoms with E-state index in [-0.39, 0.29) is 13.1 Å². The molecular weight excluding hydrogens is 875 g/mol. The molecule has 63 heavy (non-hydrogen) atoms. The Kier molecular flexibility index (Phi) is 3.80. The average Bonchev–Trinajstić information content (AvgIpc) is 4.20. The second kappa shape index (κ2) is 6.80. The van der Waals surface area contributed by atoms with Gasteiger partial charge in [-0.1, -0.05) is 0 Å². The number of nitrogens with zero attached hydrogens (tertiary/aromatic N) is 2. The Hall–Kier alpha value is -0.927. The predicted octanol–water partition coefficient (Wildman–Crippen LogP) is 15.7. The van der Waals surface area contributed by atoms with Crippen molar-refractivity contribution in [2.45, 2.75) is 165 Å². The first-order valence-corrected chi connectivity index (χ1v) is 41.8. The molecule has 7 heteroatoms. The van der Waals surface area contributed by atoms with Gasteiger partial charge in [0.05, 0.1) is 0 Å². The molecule has 12 heterocycles. The number of para-hydroxylation sites is 2. The van der Waals surface area contributed by atoms with Gasteiger partial charge in [-0.15, -0.1) is 0 Å². The summed E-state index contributed by atoms with van der Waals surface area (Å²) in [4.78, 5) is 19.3. The van der Waals surface area contributed by atoms with Gasteiger partial charge in [-0.25, -0.2) is 0 Å². The van der Waals surface area contributed by atoms with Gasteiger partial charge < -0.3 is 0 Å². The van der Waals surface area contributed by atoms with Crippen molar-refractivity contribution >= 4 is 55.1 Å². The molecule has 8 bridgehead atoms. The van der Waals surface area contributed by atoms with E-state index < -0.39 is 22.7 Å². The van der Waals surface area contributed by atoms with Gasteiger partial charge in [0.15, 0.2) is 0 Å². The van der Waals surface area contributed by atoms with E-state index in [1.165, 1.54) is 57.3 Å². The van der Waals surface area contributed by atoms with E-state index in [2.05, 4.69) is 121 Å². The maximum atomic E-state index is 6.06. The first-order valence-electron chi connectivity index (χ1n) is 26.5. The van der Waals surface area contributed by atoms with Crippen LogP contribution in [0.4, 0.5) is 0 Å². The molecule has 8 saturated carbocycles. The SMILES string of the molecule is C[Si](C)(C)[C]12[CH]3[C]4(C(P)(c5ccc6ccccc6n5)c5ccc6ccccc6n5)[C]5(CP(C6C7CC8CC(C7)CC6C8)C6C7CC8CC(C7)CC6C8)[C]1([Si](C)(C)C)[Fe]35421678[CH]2[CH]1[CH]6[CH]7[CH]28. The van der Waals surface area contributed by atoms with Gasteiger partial charge in [-0.2, -0.15) is 0 Å². The van der Waals surface area contributed by atoms with Gasteiger partial charge in [-0.3, -0.25) is 0 Å². The first kappa shape index (κ1) is 35.2. The molecule has 10 aliphatic heterocycles. The molecule has 1 spiro atoms. The molecule has 18 aliphatic rings. The minimum absolute atomic E-state index is 0.0545. The number of aromatic nitrogens is 2. The van der Waals surface area contributed by atoms with Gasteiger partial charge in [0.1, 0.15) is 0 Å². The Morgan fingerprint density at radius 1 is 0.571 bits per heavy atom. The molecule has 4 aromatic rings. The molecule has 10 saturated heterocycles. The maximum absolute atomic E-state index is 6.06. The van der Waals surface area contributed by atoms with Crippen LogP contribution in [0.3, 0.4) is 0 Å². The average molecular weight is 945 g/mol. The van der Waals surface area contributed by atoms with Crippen LogP contribution in [-0.2, 0) is 11.7 Å². The van der Waals surface area contributed by atoms with E-state index in [0.717, 1.165) is 71.4 Å². The molecule has 18 fully saturated rings. The van der Waals surface area contributed by atoms with Crippen molar-refractivity contribution in [1.82, 2.24) is 9.97 Å². The quantitative estimate of drug-likeness (QED) is 0.123. The number of fused-ring (bicyclic) bond motifs is 12. The summed E-state index contributed by atoms with van der Waals surface area (Å²) < 4.78 is 2.74. The summed E-state index contributed by atoms with van der Waals surface area (Å²) in [6, 6.07) is 28.5. The standard InChI is InChI=1S/C51H65N2P2Si2.C5H5.Fe/c1-56(2,3)45-29-42(51(54,46-17-15-35-11-7-9-13-43(35)52-46)47-18-16-36-12-8-10-14-44(36)53-47)41(50(45)57(4,5)6)30-55(48-37-21-31-19-32(23-37)24-38(48)22-31)49-39-25-33-20-34(27-39)28-40(49)26-33;1-2-4-5-3-1;/h7-18,29,31-34,37-40,48-49H,19-28,30,54H2,1-6H3;1-5H;. The van der Waals surface area contributed by atoms with Crippen LogP contribution < -0.4 is 0 Å². The number of pyridine rings is 2. The van der Waals surface area contributed by atoms with Gasteiger partial charge >= 0.3 is 375 Å². The fourth-order valence-electron chi connectivity index (χ4n) is 36.5. The topological polar surface area (TPSA) is 25.8 Å². The van der Waals surface area contributed by atoms with E-state index in [0.29, 0.717) is 8.63 Å². The first-order chi connectivity index (χ1) is 30.0. The van der Waals surface area contributed by atoms with Gasteiger partial charge in [0.2, 0.25) is 0 Å². The molecule has 0 amide bonds. The van der Waals surface area contributed by atoms with Crippen LogP contribution in [0.1, 0.15) is 75.6 Å². The molecule has 8 aliphatic carbocycles. The third-order valence-corrected chi connectivity index (χ3v) is 100. The van der Waals surface area contributed by atoms with Crippen molar-refractivity contribution in [1.29, 1.82) is 0 Å².